The number of benzene rings is 4. The van der Waals surface area contributed by atoms with E-state index in [1.807, 2.05) is 111 Å². The first-order valence-electron chi connectivity index (χ1n) is 17.8. The molecular formula is C43H50O8Si. The highest BCUT2D eigenvalue weighted by molar-refractivity contribution is 6.99. The van der Waals surface area contributed by atoms with Crippen molar-refractivity contribution in [3.05, 3.63) is 144 Å². The zero-order chi connectivity index (χ0) is 37.1. The summed E-state index contributed by atoms with van der Waals surface area (Å²) in [6, 6.07) is 39.8. The predicted molar refractivity (Wildman–Crippen MR) is 204 cm³/mol. The fraction of sp³-hybridized carbons (Fsp3) is 0.349. The summed E-state index contributed by atoms with van der Waals surface area (Å²) in [6.45, 7) is 11.6. The van der Waals surface area contributed by atoms with Crippen molar-refractivity contribution in [1.29, 1.82) is 0 Å². The lowest BCUT2D eigenvalue weighted by Crippen LogP contribution is -2.67. The van der Waals surface area contributed by atoms with Gasteiger partial charge in [0.25, 0.3) is 8.32 Å². The molecule has 1 aliphatic heterocycles. The van der Waals surface area contributed by atoms with Crippen LogP contribution >= 0.6 is 0 Å². The van der Waals surface area contributed by atoms with Crippen LogP contribution in [0.4, 0.5) is 0 Å². The third-order valence-electron chi connectivity index (χ3n) is 9.39. The summed E-state index contributed by atoms with van der Waals surface area (Å²) >= 11 is 0. The number of carbonyl (C=O) groups is 2. The van der Waals surface area contributed by atoms with E-state index in [0.29, 0.717) is 5.57 Å². The van der Waals surface area contributed by atoms with Gasteiger partial charge >= 0.3 is 11.9 Å². The smallest absolute Gasteiger partial charge is 0.332 e. The van der Waals surface area contributed by atoms with Gasteiger partial charge in [-0.05, 0) is 47.3 Å². The topological polar surface area (TPSA) is 89.5 Å². The van der Waals surface area contributed by atoms with E-state index in [4.69, 9.17) is 28.1 Å². The third-order valence-corrected chi connectivity index (χ3v) is 14.4. The summed E-state index contributed by atoms with van der Waals surface area (Å²) in [4.78, 5) is 26.8. The van der Waals surface area contributed by atoms with Crippen molar-refractivity contribution >= 4 is 30.6 Å². The lowest BCUT2D eigenvalue weighted by Gasteiger charge is -2.44. The molecule has 1 aliphatic rings. The number of hydrogen-bond donors (Lipinski definition) is 0. The second-order valence-corrected chi connectivity index (χ2v) is 18.4. The van der Waals surface area contributed by atoms with E-state index in [0.717, 1.165) is 21.5 Å². The molecule has 0 aliphatic carbocycles. The molecule has 52 heavy (non-hydrogen) atoms. The number of rotatable bonds is 15. The maximum atomic E-state index is 13.5. The first-order valence-corrected chi connectivity index (χ1v) is 19.7. The second-order valence-electron chi connectivity index (χ2n) is 14.1. The molecule has 5 rings (SSSR count). The molecule has 274 valence electrons. The molecule has 1 heterocycles. The van der Waals surface area contributed by atoms with E-state index in [2.05, 4.69) is 45.0 Å². The SMILES string of the molecule is CC1=CO[C@H](CO[Si](c2ccccc2)(c2ccccc2)C(C)(C)C)[C@@H](OC(=O)CO[C@H](C)c2ccccc2)[C@@H]1OC(=O)CO[C@H](C)c1ccccc1. The maximum absolute atomic E-state index is 13.5. The van der Waals surface area contributed by atoms with Crippen LogP contribution < -0.4 is 10.4 Å². The van der Waals surface area contributed by atoms with Crippen LogP contribution in [0, 0.1) is 0 Å². The van der Waals surface area contributed by atoms with Crippen LogP contribution in [0.1, 0.15) is 64.9 Å². The minimum absolute atomic E-state index is 0.0614. The lowest BCUT2D eigenvalue weighted by molar-refractivity contribution is -0.186. The summed E-state index contributed by atoms with van der Waals surface area (Å²) in [7, 11) is -2.99. The zero-order valence-corrected chi connectivity index (χ0v) is 31.9. The van der Waals surface area contributed by atoms with Crippen LogP contribution in [-0.4, -0.2) is 58.4 Å². The summed E-state index contributed by atoms with van der Waals surface area (Å²) in [5.41, 5.74) is 2.46. The number of carbonyl (C=O) groups excluding carboxylic acids is 2. The fourth-order valence-corrected chi connectivity index (χ4v) is 11.2. The Morgan fingerprint density at radius 3 is 1.54 bits per heavy atom. The number of esters is 2. The molecule has 0 bridgehead atoms. The van der Waals surface area contributed by atoms with E-state index >= 15 is 0 Å². The summed E-state index contributed by atoms with van der Waals surface area (Å²) in [5.74, 6) is -1.21. The van der Waals surface area contributed by atoms with E-state index in [9.17, 15) is 9.59 Å². The molecule has 0 N–H and O–H groups in total. The van der Waals surface area contributed by atoms with Crippen molar-refractivity contribution in [3.63, 3.8) is 0 Å². The molecule has 0 aromatic heterocycles. The maximum Gasteiger partial charge on any atom is 0.332 e. The first kappa shape index (κ1) is 38.7. The molecule has 0 fully saturated rings. The molecule has 0 radical (unpaired) electrons. The molecule has 9 heteroatoms. The Morgan fingerprint density at radius 1 is 0.673 bits per heavy atom. The van der Waals surface area contributed by atoms with Gasteiger partial charge < -0.3 is 28.1 Å². The van der Waals surface area contributed by atoms with Crippen molar-refractivity contribution in [2.24, 2.45) is 0 Å². The normalized spacial score (nSPS) is 18.7. The van der Waals surface area contributed by atoms with E-state index in [1.54, 1.807) is 13.2 Å². The van der Waals surface area contributed by atoms with Gasteiger partial charge in [0.1, 0.15) is 13.2 Å². The Kier molecular flexibility index (Phi) is 13.2. The average Bonchev–Trinajstić information content (AvgIpc) is 3.16. The molecule has 8 nitrogen and oxygen atoms in total. The largest absolute Gasteiger partial charge is 0.492 e. The highest BCUT2D eigenvalue weighted by atomic mass is 28.4. The van der Waals surface area contributed by atoms with Crippen LogP contribution in [0.15, 0.2) is 133 Å². The van der Waals surface area contributed by atoms with Gasteiger partial charge in [-0.15, -0.1) is 0 Å². The summed E-state index contributed by atoms with van der Waals surface area (Å²) in [5, 5.41) is 1.89. The van der Waals surface area contributed by atoms with Crippen LogP contribution in [-0.2, 0) is 37.7 Å². The van der Waals surface area contributed by atoms with Crippen LogP contribution in [0.2, 0.25) is 5.04 Å². The van der Waals surface area contributed by atoms with Gasteiger partial charge in [0, 0.05) is 5.57 Å². The minimum Gasteiger partial charge on any atom is -0.492 e. The quantitative estimate of drug-likeness (QED) is 0.0938. The van der Waals surface area contributed by atoms with Crippen molar-refractivity contribution in [2.75, 3.05) is 19.8 Å². The summed E-state index contributed by atoms with van der Waals surface area (Å²) < 4.78 is 37.4. The van der Waals surface area contributed by atoms with E-state index < -0.39 is 38.6 Å². The van der Waals surface area contributed by atoms with Crippen molar-refractivity contribution in [1.82, 2.24) is 0 Å². The van der Waals surface area contributed by atoms with Gasteiger partial charge in [-0.25, -0.2) is 9.59 Å². The van der Waals surface area contributed by atoms with E-state index in [-0.39, 0.29) is 37.1 Å². The van der Waals surface area contributed by atoms with Gasteiger partial charge in [0.15, 0.2) is 18.3 Å². The first-order chi connectivity index (χ1) is 25.0. The lowest BCUT2D eigenvalue weighted by atomic mass is 10.00. The molecule has 0 amide bonds. The van der Waals surface area contributed by atoms with Crippen molar-refractivity contribution in [2.45, 2.75) is 77.1 Å². The molecule has 4 aromatic rings. The predicted octanol–water partition coefficient (Wildman–Crippen LogP) is 7.24. The van der Waals surface area contributed by atoms with Crippen LogP contribution in [0.3, 0.4) is 0 Å². The van der Waals surface area contributed by atoms with Crippen LogP contribution in [0.25, 0.3) is 0 Å². The third kappa shape index (κ3) is 9.46. The van der Waals surface area contributed by atoms with Crippen molar-refractivity contribution in [3.8, 4) is 0 Å². The highest BCUT2D eigenvalue weighted by Gasteiger charge is 2.52. The Labute approximate surface area is 308 Å². The Hall–Kier alpha value is -4.54. The minimum atomic E-state index is -2.99. The Bertz CT molecular complexity index is 1700. The van der Waals surface area contributed by atoms with Crippen LogP contribution in [0.5, 0.6) is 0 Å². The number of ether oxygens (including phenoxy) is 5. The Morgan fingerprint density at radius 2 is 1.10 bits per heavy atom. The molecule has 0 saturated carbocycles. The van der Waals surface area contributed by atoms with E-state index in [1.165, 1.54) is 0 Å². The van der Waals surface area contributed by atoms with Crippen molar-refractivity contribution < 1.29 is 37.7 Å². The molecule has 4 aromatic carbocycles. The molecule has 0 unspecified atom stereocenters. The number of hydrogen-bond acceptors (Lipinski definition) is 8. The molecule has 0 saturated heterocycles. The standard InChI is InChI=1S/C43H50O8Si/c1-31-27-48-38(28-49-52(43(4,5)6,36-23-15-9-16-24-36)37-25-17-10-18-26-37)42(51-40(45)30-47-33(3)35-21-13-8-14-22-35)41(31)50-39(44)29-46-32(2)34-19-11-7-12-20-34/h7-27,32-33,38,41-42H,28-30H2,1-6H3/t32-,33-,38-,41-,42-/m1/s1. The Balaban J connectivity index is 1.40. The summed E-state index contributed by atoms with van der Waals surface area (Å²) in [6.07, 6.45) is -1.89. The molecular weight excluding hydrogens is 673 g/mol. The molecule has 5 atom stereocenters. The monoisotopic (exact) mass is 722 g/mol. The average molecular weight is 723 g/mol. The second kappa shape index (κ2) is 17.8. The molecule has 0 spiro atoms. The van der Waals surface area contributed by atoms with Gasteiger partial charge in [-0.2, -0.15) is 0 Å². The van der Waals surface area contributed by atoms with Gasteiger partial charge in [0.05, 0.1) is 25.1 Å². The zero-order valence-electron chi connectivity index (χ0n) is 30.9. The highest BCUT2D eigenvalue weighted by Crippen LogP contribution is 2.37. The van der Waals surface area contributed by atoms with Gasteiger partial charge in [-0.3, -0.25) is 0 Å². The van der Waals surface area contributed by atoms with Gasteiger partial charge in [-0.1, -0.05) is 142 Å². The fourth-order valence-electron chi connectivity index (χ4n) is 6.58. The van der Waals surface area contributed by atoms with Gasteiger partial charge in [0.2, 0.25) is 0 Å².